The van der Waals surface area contributed by atoms with Gasteiger partial charge in [-0.25, -0.2) is 0 Å². The molecule has 1 heteroatoms. The van der Waals surface area contributed by atoms with Gasteiger partial charge in [0.05, 0.1) is 11.4 Å². The van der Waals surface area contributed by atoms with Crippen LogP contribution in [0.25, 0.3) is 66.4 Å². The highest BCUT2D eigenvalue weighted by atomic mass is 15.1. The Morgan fingerprint density at radius 3 is 1.55 bits per heavy atom. The number of para-hydroxylation sites is 2. The number of hydrogen-bond donors (Lipinski definition) is 0. The summed E-state index contributed by atoms with van der Waals surface area (Å²) in [5.41, 5.74) is 21.0. The molecule has 0 bridgehead atoms. The van der Waals surface area contributed by atoms with Crippen LogP contribution in [0.4, 0.5) is 17.1 Å². The van der Waals surface area contributed by atoms with Gasteiger partial charge in [0.25, 0.3) is 0 Å². The second-order valence-corrected chi connectivity index (χ2v) is 20.2. The monoisotopic (exact) mass is 827 g/mol. The van der Waals surface area contributed by atoms with Crippen LogP contribution in [0.3, 0.4) is 0 Å². The highest BCUT2D eigenvalue weighted by Gasteiger charge is 2.37. The number of benzene rings is 9. The molecular formula is C63H57N. The van der Waals surface area contributed by atoms with Gasteiger partial charge in [0.2, 0.25) is 0 Å². The van der Waals surface area contributed by atoms with Crippen molar-refractivity contribution in [1.29, 1.82) is 0 Å². The first-order chi connectivity index (χ1) is 30.8. The van der Waals surface area contributed by atoms with E-state index in [4.69, 9.17) is 0 Å². The van der Waals surface area contributed by atoms with Crippen LogP contribution in [0.15, 0.2) is 200 Å². The van der Waals surface area contributed by atoms with E-state index in [1.807, 2.05) is 0 Å². The third-order valence-electron chi connectivity index (χ3n) is 13.5. The second-order valence-electron chi connectivity index (χ2n) is 20.2. The lowest BCUT2D eigenvalue weighted by Crippen LogP contribution is -2.17. The summed E-state index contributed by atoms with van der Waals surface area (Å²) in [6, 6.07) is 74.7. The van der Waals surface area contributed by atoms with Crippen LogP contribution in [-0.4, -0.2) is 0 Å². The lowest BCUT2D eigenvalue weighted by Gasteiger charge is -2.32. The SMILES string of the molecule is CC(C)(C)c1cc(-c2ccccc2N(c2cccc(-c3cccc4c3C(C)(C)c3ccccc3-4)c2)c2ccccc2-c2cccc3cccc(-c4ccccc4)c23)cc(C(C)(C)C)c1. The van der Waals surface area contributed by atoms with Crippen LogP contribution in [0.5, 0.6) is 0 Å². The Bertz CT molecular complexity index is 3170. The maximum Gasteiger partial charge on any atom is 0.0540 e. The van der Waals surface area contributed by atoms with E-state index in [2.05, 4.69) is 260 Å². The van der Waals surface area contributed by atoms with Gasteiger partial charge in [-0.15, -0.1) is 0 Å². The van der Waals surface area contributed by atoms with Gasteiger partial charge < -0.3 is 4.90 Å². The average molecular weight is 828 g/mol. The zero-order valence-corrected chi connectivity index (χ0v) is 38.5. The summed E-state index contributed by atoms with van der Waals surface area (Å²) in [4.78, 5) is 2.53. The van der Waals surface area contributed by atoms with E-state index in [0.29, 0.717) is 0 Å². The summed E-state index contributed by atoms with van der Waals surface area (Å²) < 4.78 is 0. The van der Waals surface area contributed by atoms with Crippen LogP contribution < -0.4 is 4.90 Å². The van der Waals surface area contributed by atoms with Crippen molar-refractivity contribution < 1.29 is 0 Å². The molecule has 10 rings (SSSR count). The standard InChI is InChI=1S/C63H57N/c1-61(2,3)46-38-45(39-47(41-46)62(4,5)6)49-28-13-16-36-57(49)64(48-27-18-26-44(40-48)51-32-21-34-55-52-29-12-15-35-56(52)63(7,8)60(51)55)58-37-17-14-30-53(58)54-33-20-25-43-24-19-31-50(59(43)54)42-22-10-9-11-23-42/h9-41H,1-8H3. The molecule has 1 aliphatic carbocycles. The summed E-state index contributed by atoms with van der Waals surface area (Å²) in [6.45, 7) is 18.7. The fourth-order valence-electron chi connectivity index (χ4n) is 10.2. The highest BCUT2D eigenvalue weighted by molar-refractivity contribution is 6.09. The Labute approximate surface area is 380 Å². The minimum atomic E-state index is -0.148. The van der Waals surface area contributed by atoms with E-state index in [1.165, 1.54) is 88.7 Å². The summed E-state index contributed by atoms with van der Waals surface area (Å²) in [5, 5.41) is 2.47. The Kier molecular flexibility index (Phi) is 10.1. The fourth-order valence-corrected chi connectivity index (χ4v) is 10.2. The molecule has 9 aromatic carbocycles. The van der Waals surface area contributed by atoms with E-state index in [-0.39, 0.29) is 16.2 Å². The van der Waals surface area contributed by atoms with Crippen LogP contribution in [-0.2, 0) is 16.2 Å². The first kappa shape index (κ1) is 41.1. The molecule has 0 atom stereocenters. The normalized spacial score (nSPS) is 13.1. The molecule has 1 aliphatic rings. The van der Waals surface area contributed by atoms with Crippen molar-refractivity contribution in [2.24, 2.45) is 0 Å². The number of fused-ring (bicyclic) bond motifs is 4. The van der Waals surface area contributed by atoms with Crippen molar-refractivity contribution >= 4 is 27.8 Å². The molecule has 0 saturated heterocycles. The predicted molar refractivity (Wildman–Crippen MR) is 275 cm³/mol. The smallest absolute Gasteiger partial charge is 0.0540 e. The molecule has 9 aromatic rings. The molecule has 0 fully saturated rings. The molecule has 0 amide bonds. The van der Waals surface area contributed by atoms with Gasteiger partial charge in [-0.05, 0) is 113 Å². The predicted octanol–water partition coefficient (Wildman–Crippen LogP) is 17.9. The van der Waals surface area contributed by atoms with Gasteiger partial charge in [0.1, 0.15) is 0 Å². The number of hydrogen-bond acceptors (Lipinski definition) is 1. The zero-order chi connectivity index (χ0) is 44.4. The summed E-state index contributed by atoms with van der Waals surface area (Å²) >= 11 is 0. The molecule has 64 heavy (non-hydrogen) atoms. The molecular weight excluding hydrogens is 771 g/mol. The van der Waals surface area contributed by atoms with Crippen LogP contribution in [0, 0.1) is 0 Å². The minimum Gasteiger partial charge on any atom is -0.309 e. The van der Waals surface area contributed by atoms with E-state index in [1.54, 1.807) is 0 Å². The van der Waals surface area contributed by atoms with Crippen molar-refractivity contribution in [3.8, 4) is 55.6 Å². The van der Waals surface area contributed by atoms with E-state index in [9.17, 15) is 0 Å². The van der Waals surface area contributed by atoms with Crippen molar-refractivity contribution in [2.45, 2.75) is 71.6 Å². The molecule has 0 unspecified atom stereocenters. The van der Waals surface area contributed by atoms with Crippen molar-refractivity contribution in [2.75, 3.05) is 4.90 Å². The molecule has 0 radical (unpaired) electrons. The largest absolute Gasteiger partial charge is 0.309 e. The summed E-state index contributed by atoms with van der Waals surface area (Å²) in [5.74, 6) is 0. The number of rotatable bonds is 7. The van der Waals surface area contributed by atoms with Gasteiger partial charge >= 0.3 is 0 Å². The molecule has 0 aliphatic heterocycles. The quantitative estimate of drug-likeness (QED) is 0.155. The number of nitrogens with zero attached hydrogens (tertiary/aromatic N) is 1. The van der Waals surface area contributed by atoms with E-state index < -0.39 is 0 Å². The lowest BCUT2D eigenvalue weighted by atomic mass is 9.78. The second kappa shape index (κ2) is 15.7. The van der Waals surface area contributed by atoms with Gasteiger partial charge in [-0.3, -0.25) is 0 Å². The van der Waals surface area contributed by atoms with Crippen molar-refractivity contribution in [3.05, 3.63) is 222 Å². The Balaban J connectivity index is 1.25. The Morgan fingerprint density at radius 2 is 0.859 bits per heavy atom. The molecule has 0 saturated carbocycles. The zero-order valence-electron chi connectivity index (χ0n) is 38.5. The summed E-state index contributed by atoms with van der Waals surface area (Å²) in [6.07, 6.45) is 0. The van der Waals surface area contributed by atoms with Gasteiger partial charge in [0, 0.05) is 22.2 Å². The Hall–Kier alpha value is -6.96. The fraction of sp³-hybridized carbons (Fsp3) is 0.175. The third-order valence-corrected chi connectivity index (χ3v) is 13.5. The highest BCUT2D eigenvalue weighted by Crippen LogP contribution is 2.53. The average Bonchev–Trinajstić information content (AvgIpc) is 3.54. The van der Waals surface area contributed by atoms with Crippen LogP contribution in [0.1, 0.15) is 77.6 Å². The molecule has 0 aromatic heterocycles. The van der Waals surface area contributed by atoms with Gasteiger partial charge in [0.15, 0.2) is 0 Å². The van der Waals surface area contributed by atoms with E-state index in [0.717, 1.165) is 17.1 Å². The first-order valence-electron chi connectivity index (χ1n) is 22.8. The van der Waals surface area contributed by atoms with Crippen molar-refractivity contribution in [1.82, 2.24) is 0 Å². The van der Waals surface area contributed by atoms with Gasteiger partial charge in [-0.2, -0.15) is 0 Å². The Morgan fingerprint density at radius 1 is 0.359 bits per heavy atom. The van der Waals surface area contributed by atoms with Crippen molar-refractivity contribution in [3.63, 3.8) is 0 Å². The maximum atomic E-state index is 2.53. The topological polar surface area (TPSA) is 3.24 Å². The van der Waals surface area contributed by atoms with Gasteiger partial charge in [-0.1, -0.05) is 231 Å². The lowest BCUT2D eigenvalue weighted by molar-refractivity contribution is 0.569. The van der Waals surface area contributed by atoms with E-state index >= 15 is 0 Å². The molecule has 314 valence electrons. The third kappa shape index (κ3) is 7.14. The maximum absolute atomic E-state index is 2.53. The number of anilines is 3. The molecule has 0 heterocycles. The van der Waals surface area contributed by atoms with Crippen LogP contribution in [0.2, 0.25) is 0 Å². The molecule has 0 N–H and O–H groups in total. The van der Waals surface area contributed by atoms with Crippen LogP contribution >= 0.6 is 0 Å². The summed E-state index contributed by atoms with van der Waals surface area (Å²) in [7, 11) is 0. The molecule has 0 spiro atoms. The molecule has 1 nitrogen and oxygen atoms in total. The first-order valence-corrected chi connectivity index (χ1v) is 22.8. The minimum absolute atomic E-state index is 0.0280.